The van der Waals surface area contributed by atoms with Gasteiger partial charge in [0.2, 0.25) is 0 Å². The molecule has 0 aliphatic rings. The van der Waals surface area contributed by atoms with Gasteiger partial charge in [0.05, 0.1) is 35.0 Å². The average Bonchev–Trinajstić information content (AvgIpc) is 4.37. The van der Waals surface area contributed by atoms with E-state index in [1.165, 1.54) is 41.2 Å². The summed E-state index contributed by atoms with van der Waals surface area (Å²) in [6.45, 7) is 9.04. The Morgan fingerprint density at radius 1 is 0.482 bits per heavy atom. The summed E-state index contributed by atoms with van der Waals surface area (Å²) in [5, 5.41) is 19.1. The number of nitrogens with one attached hydrogen (secondary N) is 3. The van der Waals surface area contributed by atoms with Crippen LogP contribution in [0.5, 0.6) is 17.2 Å². The van der Waals surface area contributed by atoms with Crippen LogP contribution in [0.4, 0.5) is 30.2 Å². The van der Waals surface area contributed by atoms with Crippen molar-refractivity contribution in [1.82, 2.24) is 39.0 Å². The molecule has 11 aromatic rings. The molecule has 0 fully saturated rings. The third kappa shape index (κ3) is 15.2. The number of nitrogens with zero attached hydrogens (tertiary/aromatic N) is 8. The summed E-state index contributed by atoms with van der Waals surface area (Å²) in [5.74, 6) is 0.766. The van der Waals surface area contributed by atoms with Crippen molar-refractivity contribution in [3.63, 3.8) is 0 Å². The molecule has 20 heteroatoms. The molecule has 0 saturated heterocycles. The van der Waals surface area contributed by atoms with Crippen LogP contribution in [0.3, 0.4) is 0 Å². The number of hydrogen-bond donors (Lipinski definition) is 3. The smallest absolute Gasteiger partial charge is 0.416 e. The second kappa shape index (κ2) is 26.1. The molecular formula is C63H56F3N11O6. The third-order valence-electron chi connectivity index (χ3n) is 13.1. The van der Waals surface area contributed by atoms with Crippen molar-refractivity contribution in [1.29, 1.82) is 0 Å². The van der Waals surface area contributed by atoms with Gasteiger partial charge in [-0.15, -0.1) is 5.10 Å². The van der Waals surface area contributed by atoms with E-state index in [4.69, 9.17) is 14.2 Å². The van der Waals surface area contributed by atoms with E-state index in [2.05, 4.69) is 41.4 Å². The number of pyridine rings is 2. The number of anilines is 3. The van der Waals surface area contributed by atoms with Crippen LogP contribution in [0.2, 0.25) is 0 Å². The van der Waals surface area contributed by atoms with Crippen molar-refractivity contribution in [3.8, 4) is 45.5 Å². The lowest BCUT2D eigenvalue weighted by molar-refractivity contribution is -0.138. The Hall–Kier alpha value is -10.6. The first-order chi connectivity index (χ1) is 40.0. The number of aryl methyl sites for hydroxylation is 5. The lowest BCUT2D eigenvalue weighted by Gasteiger charge is -2.13. The molecule has 3 amide bonds. The number of carbonyl (C=O) groups is 3. The van der Waals surface area contributed by atoms with E-state index < -0.39 is 17.6 Å². The van der Waals surface area contributed by atoms with Gasteiger partial charge in [0.25, 0.3) is 17.7 Å². The van der Waals surface area contributed by atoms with Crippen LogP contribution in [0.25, 0.3) is 39.5 Å². The Bertz CT molecular complexity index is 4020. The van der Waals surface area contributed by atoms with Gasteiger partial charge in [-0.05, 0) is 206 Å². The van der Waals surface area contributed by atoms with Crippen LogP contribution in [0, 0.1) is 34.6 Å². The van der Waals surface area contributed by atoms with Gasteiger partial charge in [0.15, 0.2) is 19.8 Å². The maximum absolute atomic E-state index is 13.0. The summed E-state index contributed by atoms with van der Waals surface area (Å²) < 4.78 is 61.1. The average molecular weight is 1120 g/mol. The molecule has 0 radical (unpaired) electrons. The summed E-state index contributed by atoms with van der Waals surface area (Å²) in [6.07, 6.45) is 4.55. The summed E-state index contributed by atoms with van der Waals surface area (Å²) in [5.41, 5.74) is 12.0. The van der Waals surface area contributed by atoms with Crippen molar-refractivity contribution in [2.75, 3.05) is 35.8 Å². The Morgan fingerprint density at radius 2 is 0.892 bits per heavy atom. The van der Waals surface area contributed by atoms with Crippen LogP contribution in [-0.4, -0.2) is 76.5 Å². The lowest BCUT2D eigenvalue weighted by Crippen LogP contribution is -2.20. The fourth-order valence-electron chi connectivity index (χ4n) is 8.39. The number of fused-ring (bicyclic) bond motifs is 2. The highest BCUT2D eigenvalue weighted by Gasteiger charge is 2.32. The number of halogens is 3. The topological polar surface area (TPSA) is 193 Å². The van der Waals surface area contributed by atoms with E-state index in [0.29, 0.717) is 17.2 Å². The molecular weight excluding hydrogens is 1060 g/mol. The molecule has 5 aromatic heterocycles. The molecule has 3 N–H and O–H groups in total. The number of amides is 3. The first kappa shape index (κ1) is 57.1. The Kier molecular flexibility index (Phi) is 17.9. The molecule has 0 aliphatic heterocycles. The minimum absolute atomic E-state index is 0.0398. The van der Waals surface area contributed by atoms with Gasteiger partial charge >= 0.3 is 6.18 Å². The minimum atomic E-state index is -4.48. The number of alkyl halides is 3. The fourth-order valence-corrected chi connectivity index (χ4v) is 8.39. The molecule has 0 atom stereocenters. The monoisotopic (exact) mass is 1120 g/mol. The second-order valence-electron chi connectivity index (χ2n) is 19.1. The summed E-state index contributed by atoms with van der Waals surface area (Å²) in [6, 6.07) is 48.9. The number of ether oxygens (including phenoxy) is 3. The van der Waals surface area contributed by atoms with Crippen molar-refractivity contribution >= 4 is 46.1 Å². The van der Waals surface area contributed by atoms with Gasteiger partial charge in [0.1, 0.15) is 34.9 Å². The SMILES string of the molecule is Cc1ccc(NC(=O)COc2ccc(-c3cnc4ccccn34)cc2)cc1C.Cc1ccc(NC(=O)COc2ccc(-c3cnc4ccccn34)cc2)cc1C(F)(F)F.Cc1ccc(NC(=O)COc2ccc(-n3cnnn3)cc2)cc1C. The van der Waals surface area contributed by atoms with Crippen LogP contribution in [-0.2, 0) is 20.6 Å². The van der Waals surface area contributed by atoms with E-state index in [9.17, 15) is 27.6 Å². The quantitative estimate of drug-likeness (QED) is 0.0884. The zero-order valence-electron chi connectivity index (χ0n) is 45.8. The number of tetrazole rings is 1. The van der Waals surface area contributed by atoms with Crippen molar-refractivity contribution in [3.05, 3.63) is 228 Å². The van der Waals surface area contributed by atoms with Crippen LogP contribution < -0.4 is 30.2 Å². The largest absolute Gasteiger partial charge is 0.484 e. The molecule has 83 heavy (non-hydrogen) atoms. The highest BCUT2D eigenvalue weighted by Crippen LogP contribution is 2.34. The Balaban J connectivity index is 0.000000151. The van der Waals surface area contributed by atoms with E-state index in [0.717, 1.165) is 68.1 Å². The molecule has 5 heterocycles. The van der Waals surface area contributed by atoms with E-state index in [-0.39, 0.29) is 42.9 Å². The van der Waals surface area contributed by atoms with Crippen molar-refractivity contribution < 1.29 is 41.8 Å². The Labute approximate surface area is 475 Å². The molecule has 420 valence electrons. The molecule has 0 bridgehead atoms. The van der Waals surface area contributed by atoms with Crippen LogP contribution in [0.1, 0.15) is 33.4 Å². The number of rotatable bonds is 15. The van der Waals surface area contributed by atoms with E-state index in [1.54, 1.807) is 30.5 Å². The number of imidazole rings is 2. The minimum Gasteiger partial charge on any atom is -0.484 e. The first-order valence-corrected chi connectivity index (χ1v) is 26.0. The van der Waals surface area contributed by atoms with Gasteiger partial charge in [-0.1, -0.05) is 30.3 Å². The van der Waals surface area contributed by atoms with Crippen molar-refractivity contribution in [2.45, 2.75) is 40.8 Å². The van der Waals surface area contributed by atoms with Gasteiger partial charge in [0, 0.05) is 40.6 Å². The van der Waals surface area contributed by atoms with Gasteiger partial charge in [-0.2, -0.15) is 13.2 Å². The lowest BCUT2D eigenvalue weighted by atomic mass is 10.1. The molecule has 0 unspecified atom stereocenters. The standard InChI is InChI=1S/C23H18F3N3O2.C23H21N3O2.C17H17N5O2/c1-15-5-8-17(12-19(15)23(24,25)26)28-22(30)14-31-18-9-6-16(7-10-18)20-13-27-21-4-2-3-11-29(20)21;1-16-6-9-19(13-17(16)2)25-23(27)15-28-20-10-7-18(8-11-20)21-14-24-22-5-3-4-12-26(21)22;1-12-3-4-14(9-13(12)2)19-17(23)10-24-16-7-5-15(6-8-16)22-11-18-20-21-22/h2-13H,14H2,1H3,(H,28,30);3-14H,15H2,1-2H3,(H,25,27);3-9,11H,10H2,1-2H3,(H,19,23). The van der Waals surface area contributed by atoms with E-state index in [1.807, 2.05) is 176 Å². The Morgan fingerprint density at radius 3 is 1.29 bits per heavy atom. The summed E-state index contributed by atoms with van der Waals surface area (Å²) in [4.78, 5) is 45.0. The predicted molar refractivity (Wildman–Crippen MR) is 311 cm³/mol. The molecule has 17 nitrogen and oxygen atoms in total. The zero-order chi connectivity index (χ0) is 58.5. The number of hydrogen-bond acceptors (Lipinski definition) is 11. The summed E-state index contributed by atoms with van der Waals surface area (Å²) in [7, 11) is 0. The maximum Gasteiger partial charge on any atom is 0.416 e. The fraction of sp³-hybridized carbons (Fsp3) is 0.143. The maximum atomic E-state index is 13.0. The highest BCUT2D eigenvalue weighted by atomic mass is 19.4. The zero-order valence-corrected chi connectivity index (χ0v) is 45.8. The van der Waals surface area contributed by atoms with Gasteiger partial charge < -0.3 is 30.2 Å². The second-order valence-corrected chi connectivity index (χ2v) is 19.1. The summed E-state index contributed by atoms with van der Waals surface area (Å²) >= 11 is 0. The van der Waals surface area contributed by atoms with E-state index >= 15 is 0 Å². The van der Waals surface area contributed by atoms with Crippen LogP contribution in [0.15, 0.2) is 195 Å². The molecule has 6 aromatic carbocycles. The number of carbonyl (C=O) groups excluding carboxylic acids is 3. The number of aromatic nitrogens is 8. The normalized spacial score (nSPS) is 10.9. The van der Waals surface area contributed by atoms with Gasteiger partial charge in [-0.25, -0.2) is 14.6 Å². The molecule has 0 spiro atoms. The molecule has 0 aliphatic carbocycles. The van der Waals surface area contributed by atoms with Gasteiger partial charge in [-0.3, -0.25) is 23.2 Å². The molecule has 0 saturated carbocycles. The molecule has 11 rings (SSSR count). The first-order valence-electron chi connectivity index (χ1n) is 26.0. The predicted octanol–water partition coefficient (Wildman–Crippen LogP) is 12.3. The number of benzene rings is 6. The highest BCUT2D eigenvalue weighted by molar-refractivity contribution is 5.93. The van der Waals surface area contributed by atoms with Crippen LogP contribution >= 0.6 is 0 Å². The van der Waals surface area contributed by atoms with Crippen molar-refractivity contribution in [2.24, 2.45) is 0 Å². The third-order valence-corrected chi connectivity index (χ3v) is 13.1.